The minimum absolute atomic E-state index is 0.0719. The van der Waals surface area contributed by atoms with Gasteiger partial charge in [0.25, 0.3) is 0 Å². The minimum atomic E-state index is -0.533. The van der Waals surface area contributed by atoms with Crippen LogP contribution >= 0.6 is 15.9 Å². The predicted octanol–water partition coefficient (Wildman–Crippen LogP) is 5.47. The summed E-state index contributed by atoms with van der Waals surface area (Å²) in [5, 5.41) is 0. The Morgan fingerprint density at radius 2 is 1.82 bits per heavy atom. The molecule has 0 aliphatic heterocycles. The first-order valence-electron chi connectivity index (χ1n) is 5.81. The summed E-state index contributed by atoms with van der Waals surface area (Å²) < 4.78 is 26.4. The number of benzene rings is 1. The molecule has 0 nitrogen and oxygen atoms in total. The molecule has 0 heterocycles. The minimum Gasteiger partial charge on any atom is -0.207 e. The van der Waals surface area contributed by atoms with Gasteiger partial charge in [0.1, 0.15) is 11.6 Å². The van der Waals surface area contributed by atoms with Gasteiger partial charge in [-0.05, 0) is 23.8 Å². The summed E-state index contributed by atoms with van der Waals surface area (Å²) in [7, 11) is 0. The molecule has 3 heteroatoms. The van der Waals surface area contributed by atoms with Gasteiger partial charge >= 0.3 is 0 Å². The van der Waals surface area contributed by atoms with Gasteiger partial charge < -0.3 is 0 Å². The summed E-state index contributed by atoms with van der Waals surface area (Å²) in [6.45, 7) is 8.64. The van der Waals surface area contributed by atoms with Crippen molar-refractivity contribution >= 4 is 15.9 Å². The van der Waals surface area contributed by atoms with Gasteiger partial charge in [-0.2, -0.15) is 0 Å². The standard InChI is InChI=1S/C14H19BrF2/c1-9(14(2,3)4)7-12(15)11-6-5-10(16)8-13(11)17/h5-6,8-9,12H,7H2,1-4H3. The average molecular weight is 305 g/mol. The average Bonchev–Trinajstić information content (AvgIpc) is 2.15. The van der Waals surface area contributed by atoms with Gasteiger partial charge in [-0.3, -0.25) is 0 Å². The zero-order valence-corrected chi connectivity index (χ0v) is 12.3. The van der Waals surface area contributed by atoms with Crippen LogP contribution in [0, 0.1) is 23.0 Å². The number of hydrogen-bond donors (Lipinski definition) is 0. The Morgan fingerprint density at radius 1 is 1.24 bits per heavy atom. The summed E-state index contributed by atoms with van der Waals surface area (Å²) >= 11 is 3.49. The van der Waals surface area contributed by atoms with E-state index in [1.54, 1.807) is 0 Å². The molecule has 0 aliphatic rings. The first-order chi connectivity index (χ1) is 7.71. The van der Waals surface area contributed by atoms with E-state index >= 15 is 0 Å². The Kier molecular flexibility index (Phi) is 4.70. The van der Waals surface area contributed by atoms with Crippen LogP contribution in [0.1, 0.15) is 44.5 Å². The lowest BCUT2D eigenvalue weighted by molar-refractivity contribution is 0.246. The van der Waals surface area contributed by atoms with Crippen molar-refractivity contribution in [1.82, 2.24) is 0 Å². The molecule has 96 valence electrons. The highest BCUT2D eigenvalue weighted by Gasteiger charge is 2.24. The molecule has 0 saturated carbocycles. The molecule has 0 aromatic heterocycles. The second kappa shape index (κ2) is 5.47. The quantitative estimate of drug-likeness (QED) is 0.649. The molecule has 0 saturated heterocycles. The molecule has 0 aliphatic carbocycles. The predicted molar refractivity (Wildman–Crippen MR) is 71.3 cm³/mol. The molecular formula is C14H19BrF2. The van der Waals surface area contributed by atoms with Crippen LogP contribution in [0.4, 0.5) is 8.78 Å². The number of rotatable bonds is 3. The topological polar surface area (TPSA) is 0 Å². The molecule has 0 N–H and O–H groups in total. The van der Waals surface area contributed by atoms with Crippen molar-refractivity contribution in [2.45, 2.75) is 38.9 Å². The van der Waals surface area contributed by atoms with Crippen molar-refractivity contribution in [3.63, 3.8) is 0 Å². The SMILES string of the molecule is CC(CC(Br)c1ccc(F)cc1F)C(C)(C)C. The summed E-state index contributed by atoms with van der Waals surface area (Å²) in [5.41, 5.74) is 0.713. The summed E-state index contributed by atoms with van der Waals surface area (Å²) in [5.74, 6) is -0.570. The van der Waals surface area contributed by atoms with E-state index in [9.17, 15) is 8.78 Å². The van der Waals surface area contributed by atoms with Crippen LogP contribution in [-0.2, 0) is 0 Å². The normalized spacial score (nSPS) is 15.7. The van der Waals surface area contributed by atoms with E-state index in [0.717, 1.165) is 12.5 Å². The van der Waals surface area contributed by atoms with Crippen molar-refractivity contribution in [1.29, 1.82) is 0 Å². The fraction of sp³-hybridized carbons (Fsp3) is 0.571. The Labute approximate surface area is 111 Å². The lowest BCUT2D eigenvalue weighted by atomic mass is 9.79. The van der Waals surface area contributed by atoms with Crippen LogP contribution in [0.3, 0.4) is 0 Å². The maximum Gasteiger partial charge on any atom is 0.130 e. The molecule has 0 amide bonds. The molecule has 1 rings (SSSR count). The van der Waals surface area contributed by atoms with Crippen LogP contribution in [0.15, 0.2) is 18.2 Å². The monoisotopic (exact) mass is 304 g/mol. The summed E-state index contributed by atoms with van der Waals surface area (Å²) in [6.07, 6.45) is 0.825. The molecule has 1 aromatic carbocycles. The first-order valence-corrected chi connectivity index (χ1v) is 6.72. The molecule has 0 spiro atoms. The molecule has 0 radical (unpaired) electrons. The van der Waals surface area contributed by atoms with Gasteiger partial charge in [-0.25, -0.2) is 8.78 Å². The van der Waals surface area contributed by atoms with Crippen LogP contribution < -0.4 is 0 Å². The van der Waals surface area contributed by atoms with Crippen molar-refractivity contribution in [2.24, 2.45) is 11.3 Å². The lowest BCUT2D eigenvalue weighted by Gasteiger charge is -2.29. The van der Waals surface area contributed by atoms with Gasteiger partial charge in [0.05, 0.1) is 0 Å². The fourth-order valence-electron chi connectivity index (χ4n) is 1.55. The van der Waals surface area contributed by atoms with Crippen molar-refractivity contribution < 1.29 is 8.78 Å². The number of alkyl halides is 1. The van der Waals surface area contributed by atoms with E-state index < -0.39 is 11.6 Å². The van der Waals surface area contributed by atoms with Gasteiger partial charge in [0, 0.05) is 16.5 Å². The molecule has 2 atom stereocenters. The molecular weight excluding hydrogens is 286 g/mol. The van der Waals surface area contributed by atoms with E-state index in [1.165, 1.54) is 12.1 Å². The van der Waals surface area contributed by atoms with E-state index in [2.05, 4.69) is 43.6 Å². The van der Waals surface area contributed by atoms with Gasteiger partial charge in [0.2, 0.25) is 0 Å². The number of hydrogen-bond acceptors (Lipinski definition) is 0. The smallest absolute Gasteiger partial charge is 0.130 e. The van der Waals surface area contributed by atoms with Crippen LogP contribution in [-0.4, -0.2) is 0 Å². The second-order valence-electron chi connectivity index (χ2n) is 5.64. The van der Waals surface area contributed by atoms with E-state index in [1.807, 2.05) is 0 Å². The maximum atomic E-state index is 13.6. The zero-order valence-electron chi connectivity index (χ0n) is 10.7. The summed E-state index contributed by atoms with van der Waals surface area (Å²) in [6, 6.07) is 3.75. The van der Waals surface area contributed by atoms with Gasteiger partial charge in [-0.1, -0.05) is 49.7 Å². The molecule has 17 heavy (non-hydrogen) atoms. The Hall–Kier alpha value is -0.440. The van der Waals surface area contributed by atoms with Crippen LogP contribution in [0.5, 0.6) is 0 Å². The highest BCUT2D eigenvalue weighted by atomic mass is 79.9. The van der Waals surface area contributed by atoms with Gasteiger partial charge in [-0.15, -0.1) is 0 Å². The largest absolute Gasteiger partial charge is 0.207 e. The maximum absolute atomic E-state index is 13.6. The third-order valence-electron chi connectivity index (χ3n) is 3.34. The van der Waals surface area contributed by atoms with Crippen molar-refractivity contribution in [2.75, 3.05) is 0 Å². The first kappa shape index (κ1) is 14.6. The Balaban J connectivity index is 2.80. The zero-order chi connectivity index (χ0) is 13.2. The lowest BCUT2D eigenvalue weighted by Crippen LogP contribution is -2.18. The van der Waals surface area contributed by atoms with E-state index in [4.69, 9.17) is 0 Å². The van der Waals surface area contributed by atoms with Crippen molar-refractivity contribution in [3.05, 3.63) is 35.4 Å². The van der Waals surface area contributed by atoms with Gasteiger partial charge in [0.15, 0.2) is 0 Å². The van der Waals surface area contributed by atoms with E-state index in [0.29, 0.717) is 11.5 Å². The third kappa shape index (κ3) is 4.06. The fourth-order valence-corrected chi connectivity index (χ4v) is 2.48. The highest BCUT2D eigenvalue weighted by molar-refractivity contribution is 9.09. The van der Waals surface area contributed by atoms with Crippen molar-refractivity contribution in [3.8, 4) is 0 Å². The molecule has 1 aromatic rings. The van der Waals surface area contributed by atoms with Crippen LogP contribution in [0.2, 0.25) is 0 Å². The number of halogens is 3. The molecule has 0 bridgehead atoms. The second-order valence-corrected chi connectivity index (χ2v) is 6.74. The Bertz CT molecular complexity index is 382. The molecule has 0 fully saturated rings. The highest BCUT2D eigenvalue weighted by Crippen LogP contribution is 2.38. The molecule has 2 unspecified atom stereocenters. The third-order valence-corrected chi connectivity index (χ3v) is 4.21. The van der Waals surface area contributed by atoms with E-state index in [-0.39, 0.29) is 10.2 Å². The van der Waals surface area contributed by atoms with Crippen LogP contribution in [0.25, 0.3) is 0 Å². The summed E-state index contributed by atoms with van der Waals surface area (Å²) in [4.78, 5) is -0.0719. The Morgan fingerprint density at radius 3 is 2.29 bits per heavy atom.